The zero-order valence-corrected chi connectivity index (χ0v) is 12.7. The van der Waals surface area contributed by atoms with Gasteiger partial charge in [-0.05, 0) is 25.7 Å². The fourth-order valence-electron chi connectivity index (χ4n) is 2.72. The molecule has 1 atom stereocenters. The van der Waals surface area contributed by atoms with Gasteiger partial charge >= 0.3 is 0 Å². The summed E-state index contributed by atoms with van der Waals surface area (Å²) in [5, 5.41) is 5.51. The van der Waals surface area contributed by atoms with Crippen molar-refractivity contribution in [3.63, 3.8) is 0 Å². The highest BCUT2D eigenvalue weighted by Gasteiger charge is 2.32. The predicted molar refractivity (Wildman–Crippen MR) is 79.3 cm³/mol. The van der Waals surface area contributed by atoms with E-state index in [1.165, 1.54) is 12.8 Å². The lowest BCUT2D eigenvalue weighted by molar-refractivity contribution is 0.0528. The Kier molecular flexibility index (Phi) is 4.96. The zero-order valence-electron chi connectivity index (χ0n) is 11.9. The Morgan fingerprint density at radius 3 is 2.67 bits per heavy atom. The maximum absolute atomic E-state index is 5.44. The van der Waals surface area contributed by atoms with Gasteiger partial charge in [-0.2, -0.15) is 0 Å². The van der Waals surface area contributed by atoms with E-state index in [0.29, 0.717) is 5.25 Å². The summed E-state index contributed by atoms with van der Waals surface area (Å²) in [7, 11) is 0. The first kappa shape index (κ1) is 14.2. The molecule has 1 unspecified atom stereocenters. The lowest BCUT2D eigenvalue weighted by Crippen LogP contribution is -2.48. The van der Waals surface area contributed by atoms with Crippen molar-refractivity contribution in [2.75, 3.05) is 19.8 Å². The smallest absolute Gasteiger partial charge is 0.157 e. The Morgan fingerprint density at radius 1 is 1.39 bits per heavy atom. The van der Waals surface area contributed by atoms with Gasteiger partial charge in [-0.15, -0.1) is 0 Å². The molecule has 2 aliphatic rings. The van der Waals surface area contributed by atoms with Crippen LogP contribution < -0.4 is 5.32 Å². The second-order valence-electron chi connectivity index (χ2n) is 5.68. The number of hydrogen-bond donors (Lipinski definition) is 1. The van der Waals surface area contributed by atoms with Crippen LogP contribution in [0.4, 0.5) is 0 Å². The lowest BCUT2D eigenvalue weighted by atomic mass is 9.93. The van der Waals surface area contributed by atoms with E-state index in [4.69, 9.17) is 9.73 Å². The molecule has 4 heteroatoms. The van der Waals surface area contributed by atoms with Crippen LogP contribution in [0.25, 0.3) is 0 Å². The van der Waals surface area contributed by atoms with Crippen LogP contribution in [0.15, 0.2) is 4.99 Å². The van der Waals surface area contributed by atoms with Crippen molar-refractivity contribution in [3.05, 3.63) is 0 Å². The zero-order chi connectivity index (χ0) is 13.0. The molecule has 0 radical (unpaired) electrons. The van der Waals surface area contributed by atoms with Crippen LogP contribution in [0.1, 0.15) is 46.5 Å². The number of nitrogens with zero attached hydrogens (tertiary/aromatic N) is 1. The molecule has 3 nitrogen and oxygen atoms in total. The maximum Gasteiger partial charge on any atom is 0.157 e. The fourth-order valence-corrected chi connectivity index (χ4v) is 4.19. The maximum atomic E-state index is 5.44. The van der Waals surface area contributed by atoms with Gasteiger partial charge in [-0.1, -0.05) is 38.5 Å². The summed E-state index contributed by atoms with van der Waals surface area (Å²) in [6.45, 7) is 9.61. The molecule has 2 aliphatic heterocycles. The van der Waals surface area contributed by atoms with Crippen LogP contribution in [0.2, 0.25) is 0 Å². The quantitative estimate of drug-likeness (QED) is 0.852. The molecular formula is C14H26N2OS. The van der Waals surface area contributed by atoms with E-state index in [-0.39, 0.29) is 5.54 Å². The van der Waals surface area contributed by atoms with Crippen molar-refractivity contribution in [2.24, 2.45) is 10.9 Å². The molecule has 0 bridgehead atoms. The molecule has 1 fully saturated rings. The Morgan fingerprint density at radius 2 is 2.06 bits per heavy atom. The summed E-state index contributed by atoms with van der Waals surface area (Å²) in [5.74, 6) is 0.806. The van der Waals surface area contributed by atoms with Crippen LogP contribution in [0, 0.1) is 5.92 Å². The van der Waals surface area contributed by atoms with Crippen molar-refractivity contribution in [2.45, 2.75) is 57.2 Å². The summed E-state index contributed by atoms with van der Waals surface area (Å²) in [4.78, 5) is 4.70. The highest BCUT2D eigenvalue weighted by molar-refractivity contribution is 8.14. The Labute approximate surface area is 115 Å². The molecular weight excluding hydrogens is 244 g/mol. The van der Waals surface area contributed by atoms with Gasteiger partial charge in [0, 0.05) is 24.0 Å². The standard InChI is InChI=1S/C14H26N2OS/c1-4-11(5-2)12-10-15-13(18-12)16-14(3)6-8-17-9-7-14/h11-12H,4-10H2,1-3H3,(H,15,16). The Bertz CT molecular complexity index is 296. The first-order valence-corrected chi connectivity index (χ1v) is 8.12. The molecule has 0 aliphatic carbocycles. The van der Waals surface area contributed by atoms with Crippen LogP contribution in [-0.4, -0.2) is 35.7 Å². The molecule has 0 aromatic carbocycles. The topological polar surface area (TPSA) is 33.6 Å². The van der Waals surface area contributed by atoms with Crippen molar-refractivity contribution >= 4 is 16.9 Å². The van der Waals surface area contributed by atoms with Gasteiger partial charge < -0.3 is 10.1 Å². The third-order valence-corrected chi connectivity index (χ3v) is 5.55. The molecule has 0 aromatic rings. The molecule has 0 spiro atoms. The number of nitrogens with one attached hydrogen (secondary N) is 1. The monoisotopic (exact) mass is 270 g/mol. The minimum atomic E-state index is 0.187. The van der Waals surface area contributed by atoms with E-state index < -0.39 is 0 Å². The molecule has 18 heavy (non-hydrogen) atoms. The van der Waals surface area contributed by atoms with E-state index in [1.54, 1.807) is 0 Å². The molecule has 1 saturated heterocycles. The summed E-state index contributed by atoms with van der Waals surface area (Å²) >= 11 is 1.96. The van der Waals surface area contributed by atoms with E-state index >= 15 is 0 Å². The molecule has 2 heterocycles. The first-order valence-electron chi connectivity index (χ1n) is 7.24. The number of aliphatic imine (C=N–C) groups is 1. The van der Waals surface area contributed by atoms with Gasteiger partial charge in [0.15, 0.2) is 5.17 Å². The molecule has 1 N–H and O–H groups in total. The number of hydrogen-bond acceptors (Lipinski definition) is 4. The molecule has 2 rings (SSSR count). The summed E-state index contributed by atoms with van der Waals surface area (Å²) in [6, 6.07) is 0. The number of thioether (sulfide) groups is 1. The second-order valence-corrected chi connectivity index (χ2v) is 6.90. The SMILES string of the molecule is CCC(CC)C1CN=C(NC2(C)CCOCC2)S1. The molecule has 0 amide bonds. The van der Waals surface area contributed by atoms with Crippen LogP contribution >= 0.6 is 11.8 Å². The normalized spacial score (nSPS) is 27.3. The van der Waals surface area contributed by atoms with Gasteiger partial charge in [-0.25, -0.2) is 0 Å². The Balaban J connectivity index is 1.85. The third-order valence-electron chi connectivity index (χ3n) is 4.26. The first-order chi connectivity index (χ1) is 8.67. The van der Waals surface area contributed by atoms with Crippen molar-refractivity contribution in [1.82, 2.24) is 5.32 Å². The van der Waals surface area contributed by atoms with Crippen LogP contribution in [0.5, 0.6) is 0 Å². The highest BCUT2D eigenvalue weighted by Crippen LogP contribution is 2.32. The minimum absolute atomic E-state index is 0.187. The summed E-state index contributed by atoms with van der Waals surface area (Å²) in [5.41, 5.74) is 0.187. The molecule has 0 saturated carbocycles. The van der Waals surface area contributed by atoms with Crippen molar-refractivity contribution in [1.29, 1.82) is 0 Å². The van der Waals surface area contributed by atoms with Crippen LogP contribution in [-0.2, 0) is 4.74 Å². The van der Waals surface area contributed by atoms with Gasteiger partial charge in [0.1, 0.15) is 0 Å². The van der Waals surface area contributed by atoms with E-state index in [0.717, 1.165) is 43.7 Å². The minimum Gasteiger partial charge on any atom is -0.381 e. The average molecular weight is 270 g/mol. The van der Waals surface area contributed by atoms with E-state index in [9.17, 15) is 0 Å². The van der Waals surface area contributed by atoms with Gasteiger partial charge in [0.25, 0.3) is 0 Å². The third kappa shape index (κ3) is 3.41. The predicted octanol–water partition coefficient (Wildman–Crippen LogP) is 3.05. The Hall–Kier alpha value is -0.220. The van der Waals surface area contributed by atoms with Crippen LogP contribution in [0.3, 0.4) is 0 Å². The largest absolute Gasteiger partial charge is 0.381 e. The molecule has 104 valence electrons. The lowest BCUT2D eigenvalue weighted by Gasteiger charge is -2.35. The number of rotatable bonds is 4. The number of amidine groups is 1. The van der Waals surface area contributed by atoms with E-state index in [1.807, 2.05) is 11.8 Å². The summed E-state index contributed by atoms with van der Waals surface area (Å²) < 4.78 is 5.44. The van der Waals surface area contributed by atoms with Crippen molar-refractivity contribution < 1.29 is 4.74 Å². The average Bonchev–Trinajstić information content (AvgIpc) is 2.79. The van der Waals surface area contributed by atoms with Crippen molar-refractivity contribution in [3.8, 4) is 0 Å². The molecule has 0 aromatic heterocycles. The van der Waals surface area contributed by atoms with Gasteiger partial charge in [0.2, 0.25) is 0 Å². The summed E-state index contributed by atoms with van der Waals surface area (Å²) in [6.07, 6.45) is 4.70. The second kappa shape index (κ2) is 6.29. The number of ether oxygens (including phenoxy) is 1. The van der Waals surface area contributed by atoms with Gasteiger partial charge in [0.05, 0.1) is 6.54 Å². The fraction of sp³-hybridized carbons (Fsp3) is 0.929. The van der Waals surface area contributed by atoms with E-state index in [2.05, 4.69) is 26.1 Å². The highest BCUT2D eigenvalue weighted by atomic mass is 32.2. The van der Waals surface area contributed by atoms with Gasteiger partial charge in [-0.3, -0.25) is 4.99 Å².